The van der Waals surface area contributed by atoms with Gasteiger partial charge < -0.3 is 20.5 Å². The van der Waals surface area contributed by atoms with Gasteiger partial charge in [0.15, 0.2) is 5.11 Å². The molecule has 1 aromatic rings. The van der Waals surface area contributed by atoms with Gasteiger partial charge in [0.05, 0.1) is 12.0 Å². The number of carbonyl (C=O) groups is 1. The van der Waals surface area contributed by atoms with Crippen LogP contribution in [-0.2, 0) is 11.3 Å². The fraction of sp³-hybridized carbons (Fsp3) is 0.385. The lowest BCUT2D eigenvalue weighted by atomic mass is 10.1. The van der Waals surface area contributed by atoms with Gasteiger partial charge >= 0.3 is 0 Å². The number of carboxylic acids is 1. The van der Waals surface area contributed by atoms with E-state index < -0.39 is 12.0 Å². The van der Waals surface area contributed by atoms with E-state index in [1.807, 2.05) is 30.3 Å². The lowest BCUT2D eigenvalue weighted by molar-refractivity contribution is -0.309. The summed E-state index contributed by atoms with van der Waals surface area (Å²) in [5.74, 6) is -1.24. The minimum absolute atomic E-state index is 0.0912. The second-order valence-electron chi connectivity index (χ2n) is 4.35. The maximum Gasteiger partial charge on any atom is 0.167 e. The molecule has 18 heavy (non-hydrogen) atoms. The highest BCUT2D eigenvalue weighted by molar-refractivity contribution is 7.80. The first kappa shape index (κ1) is 14.4. The van der Waals surface area contributed by atoms with Crippen molar-refractivity contribution in [2.45, 2.75) is 26.4 Å². The van der Waals surface area contributed by atoms with E-state index in [2.05, 4.69) is 10.6 Å². The molecule has 98 valence electrons. The van der Waals surface area contributed by atoms with E-state index in [4.69, 9.17) is 12.2 Å². The Kier molecular flexibility index (Phi) is 5.58. The van der Waals surface area contributed by atoms with Crippen molar-refractivity contribution in [3.63, 3.8) is 0 Å². The lowest BCUT2D eigenvalue weighted by Crippen LogP contribution is -2.53. The zero-order valence-corrected chi connectivity index (χ0v) is 11.3. The number of rotatable bonds is 5. The molecule has 2 N–H and O–H groups in total. The fourth-order valence-electron chi connectivity index (χ4n) is 1.47. The lowest BCUT2D eigenvalue weighted by Gasteiger charge is -2.24. The van der Waals surface area contributed by atoms with Gasteiger partial charge in [-0.15, -0.1) is 0 Å². The summed E-state index contributed by atoms with van der Waals surface area (Å²) in [5, 5.41) is 16.9. The molecule has 0 aliphatic carbocycles. The van der Waals surface area contributed by atoms with Crippen LogP contribution in [0.2, 0.25) is 0 Å². The van der Waals surface area contributed by atoms with Crippen molar-refractivity contribution >= 4 is 23.3 Å². The molecule has 4 nitrogen and oxygen atoms in total. The zero-order chi connectivity index (χ0) is 13.5. The van der Waals surface area contributed by atoms with Crippen molar-refractivity contribution in [3.05, 3.63) is 35.9 Å². The smallest absolute Gasteiger partial charge is 0.167 e. The third-order valence-corrected chi connectivity index (χ3v) is 2.77. The SMILES string of the molecule is CC(C)[C@H](NC(=S)NCc1ccccc1)C(=O)[O-]. The van der Waals surface area contributed by atoms with Crippen LogP contribution in [0.15, 0.2) is 30.3 Å². The molecule has 0 saturated carbocycles. The first-order chi connectivity index (χ1) is 8.50. The molecule has 0 unspecified atom stereocenters. The Morgan fingerprint density at radius 2 is 1.94 bits per heavy atom. The van der Waals surface area contributed by atoms with Crippen LogP contribution >= 0.6 is 12.2 Å². The maximum absolute atomic E-state index is 10.9. The Balaban J connectivity index is 2.44. The van der Waals surface area contributed by atoms with Crippen LogP contribution in [0.1, 0.15) is 19.4 Å². The average Bonchev–Trinajstić information content (AvgIpc) is 2.34. The van der Waals surface area contributed by atoms with Gasteiger partial charge in [-0.05, 0) is 23.7 Å². The van der Waals surface area contributed by atoms with Gasteiger partial charge in [0.2, 0.25) is 0 Å². The largest absolute Gasteiger partial charge is 0.548 e. The first-order valence-electron chi connectivity index (χ1n) is 5.80. The zero-order valence-electron chi connectivity index (χ0n) is 10.5. The molecule has 0 aromatic heterocycles. The summed E-state index contributed by atoms with van der Waals surface area (Å²) < 4.78 is 0. The molecule has 0 heterocycles. The quantitative estimate of drug-likeness (QED) is 0.756. The van der Waals surface area contributed by atoms with Crippen LogP contribution in [0.25, 0.3) is 0 Å². The molecule has 0 amide bonds. The molecule has 0 spiro atoms. The monoisotopic (exact) mass is 265 g/mol. The third-order valence-electron chi connectivity index (χ3n) is 2.50. The van der Waals surface area contributed by atoms with Crippen molar-refractivity contribution in [2.75, 3.05) is 0 Å². The van der Waals surface area contributed by atoms with E-state index in [-0.39, 0.29) is 5.92 Å². The van der Waals surface area contributed by atoms with Crippen molar-refractivity contribution < 1.29 is 9.90 Å². The summed E-state index contributed by atoms with van der Waals surface area (Å²) in [7, 11) is 0. The maximum atomic E-state index is 10.9. The molecule has 0 bridgehead atoms. The van der Waals surface area contributed by atoms with Gasteiger partial charge in [-0.25, -0.2) is 0 Å². The summed E-state index contributed by atoms with van der Waals surface area (Å²) in [4.78, 5) is 10.9. The van der Waals surface area contributed by atoms with E-state index in [1.54, 1.807) is 13.8 Å². The molecule has 1 aromatic carbocycles. The number of hydrogen-bond donors (Lipinski definition) is 2. The van der Waals surface area contributed by atoms with Gasteiger partial charge in [-0.1, -0.05) is 44.2 Å². The van der Waals surface area contributed by atoms with Crippen molar-refractivity contribution in [3.8, 4) is 0 Å². The Hall–Kier alpha value is -1.62. The standard InChI is InChI=1S/C13H18N2O2S/c1-9(2)11(12(16)17)15-13(18)14-8-10-6-4-3-5-7-10/h3-7,9,11H,8H2,1-2H3,(H,16,17)(H2,14,15,18)/p-1/t11-/m0/s1. The van der Waals surface area contributed by atoms with Crippen molar-refractivity contribution in [1.82, 2.24) is 10.6 Å². The van der Waals surface area contributed by atoms with E-state index in [9.17, 15) is 9.90 Å². The summed E-state index contributed by atoms with van der Waals surface area (Å²) in [6.45, 7) is 4.16. The van der Waals surface area contributed by atoms with Gasteiger partial charge in [-0.2, -0.15) is 0 Å². The Bertz CT molecular complexity index is 407. The molecule has 1 rings (SSSR count). The first-order valence-corrected chi connectivity index (χ1v) is 6.20. The molecular formula is C13H17N2O2S-. The highest BCUT2D eigenvalue weighted by atomic mass is 32.1. The molecule has 1 atom stereocenters. The number of carbonyl (C=O) groups excluding carboxylic acids is 1. The summed E-state index contributed by atoms with van der Waals surface area (Å²) in [6, 6.07) is 8.96. The second-order valence-corrected chi connectivity index (χ2v) is 4.76. The molecule has 0 aliphatic rings. The van der Waals surface area contributed by atoms with Crippen molar-refractivity contribution in [2.24, 2.45) is 5.92 Å². The highest BCUT2D eigenvalue weighted by Gasteiger charge is 2.15. The normalized spacial score (nSPS) is 11.9. The number of thiocarbonyl (C=S) groups is 1. The predicted octanol–water partition coefficient (Wildman–Crippen LogP) is 0.425. The molecule has 0 saturated heterocycles. The van der Waals surface area contributed by atoms with Crippen LogP contribution in [-0.4, -0.2) is 17.1 Å². The number of nitrogens with one attached hydrogen (secondary N) is 2. The van der Waals surface area contributed by atoms with Crippen LogP contribution in [0.3, 0.4) is 0 Å². The predicted molar refractivity (Wildman–Crippen MR) is 72.6 cm³/mol. The third kappa shape index (κ3) is 4.71. The topological polar surface area (TPSA) is 64.2 Å². The van der Waals surface area contributed by atoms with Crippen LogP contribution < -0.4 is 15.7 Å². The van der Waals surface area contributed by atoms with E-state index in [1.165, 1.54) is 0 Å². The van der Waals surface area contributed by atoms with Crippen LogP contribution in [0, 0.1) is 5.92 Å². The van der Waals surface area contributed by atoms with Crippen LogP contribution in [0.5, 0.6) is 0 Å². The minimum Gasteiger partial charge on any atom is -0.548 e. The average molecular weight is 265 g/mol. The molecule has 0 aliphatic heterocycles. The van der Waals surface area contributed by atoms with Crippen LogP contribution in [0.4, 0.5) is 0 Å². The van der Waals surface area contributed by atoms with E-state index in [0.29, 0.717) is 11.7 Å². The molecular weight excluding hydrogens is 248 g/mol. The fourth-order valence-corrected chi connectivity index (χ4v) is 1.67. The summed E-state index contributed by atoms with van der Waals surface area (Å²) in [5.41, 5.74) is 1.08. The molecule has 5 heteroatoms. The number of benzene rings is 1. The number of carboxylic acid groups (broad SMARTS) is 1. The van der Waals surface area contributed by atoms with E-state index >= 15 is 0 Å². The van der Waals surface area contributed by atoms with Crippen molar-refractivity contribution in [1.29, 1.82) is 0 Å². The van der Waals surface area contributed by atoms with Gasteiger partial charge in [0.1, 0.15) is 0 Å². The Morgan fingerprint density at radius 1 is 1.33 bits per heavy atom. The highest BCUT2D eigenvalue weighted by Crippen LogP contribution is 2.01. The molecule has 0 fully saturated rings. The Labute approximate surface area is 112 Å². The number of hydrogen-bond acceptors (Lipinski definition) is 3. The van der Waals surface area contributed by atoms with Gasteiger partial charge in [0, 0.05) is 6.54 Å². The Morgan fingerprint density at radius 3 is 2.44 bits per heavy atom. The summed E-state index contributed by atoms with van der Waals surface area (Å²) >= 11 is 5.05. The second kappa shape index (κ2) is 6.96. The minimum atomic E-state index is -1.14. The molecule has 0 radical (unpaired) electrons. The van der Waals surface area contributed by atoms with E-state index in [0.717, 1.165) is 5.56 Å². The van der Waals surface area contributed by atoms with Gasteiger partial charge in [-0.3, -0.25) is 0 Å². The number of aliphatic carboxylic acids is 1. The van der Waals surface area contributed by atoms with Gasteiger partial charge in [0.25, 0.3) is 0 Å². The summed E-state index contributed by atoms with van der Waals surface area (Å²) in [6.07, 6.45) is 0.